The minimum atomic E-state index is 0.0421. The lowest BCUT2D eigenvalue weighted by molar-refractivity contribution is 0.183. The van der Waals surface area contributed by atoms with Gasteiger partial charge in [-0.05, 0) is 49.4 Å². The number of methoxy groups -OCH3 is 1. The van der Waals surface area contributed by atoms with Gasteiger partial charge in [-0.3, -0.25) is 0 Å². The van der Waals surface area contributed by atoms with Gasteiger partial charge in [0.2, 0.25) is 0 Å². The Hall–Kier alpha value is -1.95. The number of benzene rings is 1. The Kier molecular flexibility index (Phi) is 7.21. The minimum absolute atomic E-state index is 0.0421. The molecule has 2 amide bonds. The number of ether oxygens (including phenoxy) is 1. The van der Waals surface area contributed by atoms with Crippen molar-refractivity contribution < 1.29 is 9.53 Å². The lowest BCUT2D eigenvalue weighted by Crippen LogP contribution is -2.52. The number of nitrogens with one attached hydrogen (secondary N) is 1. The Morgan fingerprint density at radius 2 is 1.56 bits per heavy atom. The van der Waals surface area contributed by atoms with Crippen molar-refractivity contribution in [2.75, 3.05) is 69.3 Å². The summed E-state index contributed by atoms with van der Waals surface area (Å²) in [6.07, 6.45) is 3.43. The van der Waals surface area contributed by atoms with Gasteiger partial charge in [-0.1, -0.05) is 6.92 Å². The highest BCUT2D eigenvalue weighted by Crippen LogP contribution is 2.26. The maximum atomic E-state index is 12.2. The molecule has 6 heteroatoms. The monoisotopic (exact) mass is 374 g/mol. The Morgan fingerprint density at radius 3 is 2.11 bits per heavy atom. The number of hydrogen-bond donors (Lipinski definition) is 1. The second-order valence-corrected chi connectivity index (χ2v) is 7.74. The van der Waals surface area contributed by atoms with Crippen LogP contribution in [0.4, 0.5) is 16.2 Å². The van der Waals surface area contributed by atoms with E-state index in [4.69, 9.17) is 4.74 Å². The van der Waals surface area contributed by atoms with Crippen molar-refractivity contribution in [2.45, 2.75) is 26.2 Å². The molecule has 0 radical (unpaired) electrons. The summed E-state index contributed by atoms with van der Waals surface area (Å²) < 4.78 is 5.01. The molecular weight excluding hydrogens is 340 g/mol. The zero-order valence-corrected chi connectivity index (χ0v) is 16.8. The first-order valence-corrected chi connectivity index (χ1v) is 10.3. The van der Waals surface area contributed by atoms with E-state index in [0.29, 0.717) is 13.2 Å². The Balaban J connectivity index is 1.44. The second-order valence-electron chi connectivity index (χ2n) is 7.74. The highest BCUT2D eigenvalue weighted by atomic mass is 16.5. The molecule has 1 aromatic carbocycles. The number of carbonyl (C=O) groups excluding carboxylic acids is 1. The summed E-state index contributed by atoms with van der Waals surface area (Å²) in [7, 11) is 1.68. The summed E-state index contributed by atoms with van der Waals surface area (Å²) in [6.45, 7) is 9.32. The quantitative estimate of drug-likeness (QED) is 0.778. The number of amides is 2. The molecule has 0 aliphatic carbocycles. The average molecular weight is 375 g/mol. The van der Waals surface area contributed by atoms with Gasteiger partial charge in [-0.15, -0.1) is 0 Å². The molecule has 2 fully saturated rings. The Morgan fingerprint density at radius 1 is 1.00 bits per heavy atom. The number of urea groups is 1. The van der Waals surface area contributed by atoms with E-state index in [9.17, 15) is 4.79 Å². The summed E-state index contributed by atoms with van der Waals surface area (Å²) in [5.41, 5.74) is 2.59. The molecule has 0 bridgehead atoms. The Labute approximate surface area is 163 Å². The highest BCUT2D eigenvalue weighted by Gasteiger charge is 2.21. The second kappa shape index (κ2) is 9.83. The predicted molar refractivity (Wildman–Crippen MR) is 111 cm³/mol. The van der Waals surface area contributed by atoms with Crippen LogP contribution in [0.1, 0.15) is 26.2 Å². The third-order valence-electron chi connectivity index (χ3n) is 5.73. The number of rotatable bonds is 6. The van der Waals surface area contributed by atoms with E-state index in [1.54, 1.807) is 7.11 Å². The number of hydrogen-bond acceptors (Lipinski definition) is 4. The number of piperidine rings is 1. The fourth-order valence-corrected chi connectivity index (χ4v) is 3.83. The van der Waals surface area contributed by atoms with Gasteiger partial charge >= 0.3 is 6.03 Å². The summed E-state index contributed by atoms with van der Waals surface area (Å²) in [6, 6.07) is 9.00. The van der Waals surface area contributed by atoms with E-state index in [0.717, 1.165) is 38.5 Å². The van der Waals surface area contributed by atoms with Crippen molar-refractivity contribution in [3.8, 4) is 0 Å². The first kappa shape index (κ1) is 19.8. The van der Waals surface area contributed by atoms with E-state index < -0.39 is 0 Å². The zero-order valence-electron chi connectivity index (χ0n) is 16.8. The van der Waals surface area contributed by atoms with Gasteiger partial charge in [0.05, 0.1) is 0 Å². The van der Waals surface area contributed by atoms with Crippen molar-refractivity contribution >= 4 is 17.4 Å². The molecule has 150 valence electrons. The van der Waals surface area contributed by atoms with Gasteiger partial charge in [0.15, 0.2) is 0 Å². The van der Waals surface area contributed by atoms with Crippen molar-refractivity contribution in [3.05, 3.63) is 24.3 Å². The highest BCUT2D eigenvalue weighted by molar-refractivity contribution is 5.74. The third kappa shape index (κ3) is 5.51. The summed E-state index contributed by atoms with van der Waals surface area (Å²) in [5.74, 6) is 0.856. The minimum Gasteiger partial charge on any atom is -0.385 e. The molecule has 27 heavy (non-hydrogen) atoms. The summed E-state index contributed by atoms with van der Waals surface area (Å²) in [4.78, 5) is 19.0. The van der Waals surface area contributed by atoms with Crippen LogP contribution in [0.3, 0.4) is 0 Å². The molecule has 0 saturated carbocycles. The lowest BCUT2D eigenvalue weighted by Gasteiger charge is -2.36. The van der Waals surface area contributed by atoms with Gasteiger partial charge in [-0.2, -0.15) is 0 Å². The SMILES string of the molecule is COCCCNC(=O)N1CCN(c2ccc(N3CCC(C)CC3)cc2)CC1. The molecular formula is C21H34N4O2. The van der Waals surface area contributed by atoms with E-state index in [1.165, 1.54) is 37.3 Å². The fraction of sp³-hybridized carbons (Fsp3) is 0.667. The zero-order chi connectivity index (χ0) is 19.1. The van der Waals surface area contributed by atoms with Crippen molar-refractivity contribution in [1.29, 1.82) is 0 Å². The third-order valence-corrected chi connectivity index (χ3v) is 5.73. The Bertz CT molecular complexity index is 576. The molecule has 2 heterocycles. The van der Waals surface area contributed by atoms with Crippen LogP contribution in [0.5, 0.6) is 0 Å². The molecule has 0 unspecified atom stereocenters. The number of carbonyl (C=O) groups is 1. The first-order valence-electron chi connectivity index (χ1n) is 10.3. The van der Waals surface area contributed by atoms with Crippen LogP contribution in [-0.2, 0) is 4.74 Å². The van der Waals surface area contributed by atoms with Crippen molar-refractivity contribution in [3.63, 3.8) is 0 Å². The van der Waals surface area contributed by atoms with Gasteiger partial charge < -0.3 is 24.8 Å². The van der Waals surface area contributed by atoms with Gasteiger partial charge in [0, 0.05) is 70.9 Å². The maximum absolute atomic E-state index is 12.2. The van der Waals surface area contributed by atoms with Crippen LogP contribution in [-0.4, -0.2) is 70.5 Å². The lowest BCUT2D eigenvalue weighted by atomic mass is 9.99. The van der Waals surface area contributed by atoms with Gasteiger partial charge in [-0.25, -0.2) is 4.79 Å². The molecule has 3 rings (SSSR count). The molecule has 1 aromatic rings. The van der Waals surface area contributed by atoms with Crippen LogP contribution in [0, 0.1) is 5.92 Å². The molecule has 2 aliphatic rings. The molecule has 0 atom stereocenters. The topological polar surface area (TPSA) is 48.1 Å². The van der Waals surface area contributed by atoms with Crippen LogP contribution in [0.25, 0.3) is 0 Å². The summed E-state index contributed by atoms with van der Waals surface area (Å²) >= 11 is 0. The molecule has 0 spiro atoms. The molecule has 1 N–H and O–H groups in total. The standard InChI is InChI=1S/C21H34N4O2/c1-18-8-11-23(12-9-18)19-4-6-20(7-5-19)24-13-15-25(16-14-24)21(26)22-10-3-17-27-2/h4-7,18H,3,8-17H2,1-2H3,(H,22,26). The van der Waals surface area contributed by atoms with E-state index in [2.05, 4.69) is 46.3 Å². The van der Waals surface area contributed by atoms with Crippen molar-refractivity contribution in [1.82, 2.24) is 10.2 Å². The van der Waals surface area contributed by atoms with Crippen molar-refractivity contribution in [2.24, 2.45) is 5.92 Å². The molecule has 2 saturated heterocycles. The van der Waals surface area contributed by atoms with Gasteiger partial charge in [0.25, 0.3) is 0 Å². The maximum Gasteiger partial charge on any atom is 0.317 e. The van der Waals surface area contributed by atoms with Crippen LogP contribution in [0.15, 0.2) is 24.3 Å². The molecule has 6 nitrogen and oxygen atoms in total. The first-order chi connectivity index (χ1) is 13.2. The predicted octanol–water partition coefficient (Wildman–Crippen LogP) is 2.79. The smallest absolute Gasteiger partial charge is 0.317 e. The molecule has 0 aromatic heterocycles. The number of anilines is 2. The fourth-order valence-electron chi connectivity index (χ4n) is 3.83. The van der Waals surface area contributed by atoms with E-state index in [1.807, 2.05) is 4.90 Å². The van der Waals surface area contributed by atoms with E-state index in [-0.39, 0.29) is 6.03 Å². The number of piperazine rings is 1. The number of nitrogens with zero attached hydrogens (tertiary/aromatic N) is 3. The molecule has 2 aliphatic heterocycles. The van der Waals surface area contributed by atoms with E-state index >= 15 is 0 Å². The van der Waals surface area contributed by atoms with Crippen LogP contribution >= 0.6 is 0 Å². The van der Waals surface area contributed by atoms with Gasteiger partial charge in [0.1, 0.15) is 0 Å². The largest absolute Gasteiger partial charge is 0.385 e. The normalized spacial score (nSPS) is 18.7. The van der Waals surface area contributed by atoms with Crippen LogP contribution < -0.4 is 15.1 Å². The average Bonchev–Trinajstić information content (AvgIpc) is 2.72. The summed E-state index contributed by atoms with van der Waals surface area (Å²) in [5, 5.41) is 2.97. The van der Waals surface area contributed by atoms with Crippen LogP contribution in [0.2, 0.25) is 0 Å².